The Kier molecular flexibility index (Phi) is 11.6. The van der Waals surface area contributed by atoms with E-state index in [0.29, 0.717) is 6.47 Å². The van der Waals surface area contributed by atoms with Gasteiger partial charge in [0.1, 0.15) is 0 Å². The molecule has 41 valence electrons. The average Bonchev–Trinajstić information content (AvgIpc) is 1.33. The van der Waals surface area contributed by atoms with E-state index in [1.807, 2.05) is 0 Å². The van der Waals surface area contributed by atoms with Gasteiger partial charge < -0.3 is 15.9 Å². The van der Waals surface area contributed by atoms with Gasteiger partial charge >= 0.3 is 12.6 Å². The van der Waals surface area contributed by atoms with Gasteiger partial charge in [-0.3, -0.25) is 0 Å². The SMILES string of the molecule is NC(=O)O.O=[C]O. The number of nitrogens with two attached hydrogens (primary N) is 1. The average molecular weight is 106 g/mol. The fourth-order valence-corrected chi connectivity index (χ4v) is 0. The van der Waals surface area contributed by atoms with E-state index in [2.05, 4.69) is 5.73 Å². The summed E-state index contributed by atoms with van der Waals surface area (Å²) in [6.45, 7) is 0.500. The fourth-order valence-electron chi connectivity index (χ4n) is 0. The molecule has 0 fully saturated rings. The molecule has 5 nitrogen and oxygen atoms in total. The van der Waals surface area contributed by atoms with Crippen LogP contribution in [0.5, 0.6) is 0 Å². The molecule has 0 aliphatic carbocycles. The third-order valence-electron chi connectivity index (χ3n) is 0. The molecule has 0 saturated carbocycles. The molecule has 0 aromatic carbocycles. The van der Waals surface area contributed by atoms with Gasteiger partial charge in [0.25, 0.3) is 0 Å². The molecule has 0 atom stereocenters. The van der Waals surface area contributed by atoms with Gasteiger partial charge in [0.05, 0.1) is 0 Å². The summed E-state index contributed by atoms with van der Waals surface area (Å²) in [6.07, 6.45) is -1.33. The summed E-state index contributed by atoms with van der Waals surface area (Å²) < 4.78 is 0. The molecular weight excluding hydrogens is 102 g/mol. The van der Waals surface area contributed by atoms with E-state index in [1.54, 1.807) is 0 Å². The van der Waals surface area contributed by atoms with Crippen molar-refractivity contribution in [2.45, 2.75) is 0 Å². The lowest BCUT2D eigenvalue weighted by molar-refractivity contribution is 0.205. The van der Waals surface area contributed by atoms with Gasteiger partial charge in [0.2, 0.25) is 0 Å². The van der Waals surface area contributed by atoms with Crippen molar-refractivity contribution in [2.75, 3.05) is 0 Å². The highest BCUT2D eigenvalue weighted by Crippen LogP contribution is 1.34. The minimum atomic E-state index is -1.33. The van der Waals surface area contributed by atoms with E-state index in [-0.39, 0.29) is 0 Å². The van der Waals surface area contributed by atoms with E-state index < -0.39 is 6.09 Å². The lowest BCUT2D eigenvalue weighted by Crippen LogP contribution is -2.03. The molecule has 0 unspecified atom stereocenters. The van der Waals surface area contributed by atoms with Crippen LogP contribution in [0.15, 0.2) is 0 Å². The topological polar surface area (TPSA) is 101 Å². The minimum absolute atomic E-state index is 0.500. The van der Waals surface area contributed by atoms with E-state index >= 15 is 0 Å². The van der Waals surface area contributed by atoms with Crippen LogP contribution >= 0.6 is 0 Å². The normalized spacial score (nSPS) is 5.14. The van der Waals surface area contributed by atoms with Gasteiger partial charge in [0.15, 0.2) is 0 Å². The first-order chi connectivity index (χ1) is 3.15. The highest BCUT2D eigenvalue weighted by atomic mass is 16.4. The second-order valence-corrected chi connectivity index (χ2v) is 0.430. The maximum atomic E-state index is 8.78. The van der Waals surface area contributed by atoms with Gasteiger partial charge in [0, 0.05) is 0 Å². The van der Waals surface area contributed by atoms with Crippen molar-refractivity contribution in [2.24, 2.45) is 5.73 Å². The van der Waals surface area contributed by atoms with E-state index in [9.17, 15) is 0 Å². The molecule has 1 amide bonds. The van der Waals surface area contributed by atoms with Gasteiger partial charge in [-0.1, -0.05) is 0 Å². The molecular formula is C2H4NO4. The first-order valence-electron chi connectivity index (χ1n) is 1.14. The zero-order valence-corrected chi connectivity index (χ0v) is 3.29. The van der Waals surface area contributed by atoms with Crippen molar-refractivity contribution in [3.63, 3.8) is 0 Å². The van der Waals surface area contributed by atoms with Crippen LogP contribution in [0.3, 0.4) is 0 Å². The van der Waals surface area contributed by atoms with Crippen LogP contribution in [0.2, 0.25) is 0 Å². The molecule has 5 heteroatoms. The van der Waals surface area contributed by atoms with Crippen LogP contribution < -0.4 is 5.73 Å². The Bertz CT molecular complexity index is 56.7. The number of hydrogen-bond acceptors (Lipinski definition) is 2. The minimum Gasteiger partial charge on any atom is -0.473 e. The molecule has 4 N–H and O–H groups in total. The zero-order chi connectivity index (χ0) is 6.28. The molecule has 1 radical (unpaired) electrons. The van der Waals surface area contributed by atoms with E-state index in [1.165, 1.54) is 0 Å². The Morgan fingerprint density at radius 2 is 1.71 bits per heavy atom. The van der Waals surface area contributed by atoms with E-state index in [0.717, 1.165) is 0 Å². The van der Waals surface area contributed by atoms with Crippen LogP contribution in [-0.4, -0.2) is 22.8 Å². The lowest BCUT2D eigenvalue weighted by atomic mass is 11.3. The number of primary amides is 1. The van der Waals surface area contributed by atoms with Crippen LogP contribution in [0.1, 0.15) is 0 Å². The second-order valence-electron chi connectivity index (χ2n) is 0.430. The second kappa shape index (κ2) is 8.83. The van der Waals surface area contributed by atoms with Gasteiger partial charge in [-0.2, -0.15) is 0 Å². The van der Waals surface area contributed by atoms with Gasteiger partial charge in [-0.25, -0.2) is 9.59 Å². The van der Waals surface area contributed by atoms with Crippen LogP contribution in [0.25, 0.3) is 0 Å². The smallest absolute Gasteiger partial charge is 0.414 e. The summed E-state index contributed by atoms with van der Waals surface area (Å²) >= 11 is 0. The summed E-state index contributed by atoms with van der Waals surface area (Å²) in [6, 6.07) is 0. The summed E-state index contributed by atoms with van der Waals surface area (Å²) in [4.78, 5) is 17.0. The Morgan fingerprint density at radius 3 is 1.71 bits per heavy atom. The summed E-state index contributed by atoms with van der Waals surface area (Å²) in [5.41, 5.74) is 4.03. The first-order valence-corrected chi connectivity index (χ1v) is 1.14. The number of carboxylic acid groups (broad SMARTS) is 1. The molecule has 0 aromatic heterocycles. The van der Waals surface area contributed by atoms with Crippen molar-refractivity contribution < 1.29 is 19.8 Å². The Balaban J connectivity index is 0. The van der Waals surface area contributed by atoms with Crippen molar-refractivity contribution in [3.05, 3.63) is 0 Å². The van der Waals surface area contributed by atoms with Crippen molar-refractivity contribution in [1.29, 1.82) is 0 Å². The van der Waals surface area contributed by atoms with Crippen LogP contribution in [-0.2, 0) is 4.79 Å². The monoisotopic (exact) mass is 106 g/mol. The van der Waals surface area contributed by atoms with Crippen LogP contribution in [0.4, 0.5) is 4.79 Å². The Labute approximate surface area is 39.4 Å². The molecule has 0 aromatic rings. The molecule has 0 rings (SSSR count). The third kappa shape index (κ3) is 22.4. The zero-order valence-electron chi connectivity index (χ0n) is 3.29. The molecule has 0 aliphatic rings. The first kappa shape index (κ1) is 9.22. The highest BCUT2D eigenvalue weighted by Gasteiger charge is 1.65. The third-order valence-corrected chi connectivity index (χ3v) is 0. The summed E-state index contributed by atoms with van der Waals surface area (Å²) in [5.74, 6) is 0. The maximum absolute atomic E-state index is 8.78. The molecule has 0 bridgehead atoms. The number of carbonyl (C=O) groups is 1. The summed E-state index contributed by atoms with van der Waals surface area (Å²) in [5, 5.41) is 14.0. The van der Waals surface area contributed by atoms with Crippen molar-refractivity contribution in [1.82, 2.24) is 0 Å². The fraction of sp³-hybridized carbons (Fsp3) is 0. The summed E-state index contributed by atoms with van der Waals surface area (Å²) in [7, 11) is 0. The molecule has 7 heavy (non-hydrogen) atoms. The Hall–Kier alpha value is -1.26. The van der Waals surface area contributed by atoms with Crippen LogP contribution in [0, 0.1) is 0 Å². The maximum Gasteiger partial charge on any atom is 0.414 e. The molecule has 0 heterocycles. The van der Waals surface area contributed by atoms with E-state index in [4.69, 9.17) is 19.8 Å². The Morgan fingerprint density at radius 1 is 1.71 bits per heavy atom. The number of rotatable bonds is 0. The van der Waals surface area contributed by atoms with Crippen molar-refractivity contribution in [3.8, 4) is 0 Å². The molecule has 0 spiro atoms. The standard InChI is InChI=1S/CH3NO2.CHO2/c2-1(3)4;2-1-3/h2H2,(H,3,4);(H,2,3). The van der Waals surface area contributed by atoms with Gasteiger partial charge in [-0.15, -0.1) is 0 Å². The van der Waals surface area contributed by atoms with Gasteiger partial charge in [-0.05, 0) is 0 Å². The number of amides is 1. The number of aliphatic hydroxyl groups excluding tert-OH is 1. The molecule has 0 saturated heterocycles. The predicted molar refractivity (Wildman–Crippen MR) is 20.5 cm³/mol. The highest BCUT2D eigenvalue weighted by molar-refractivity contribution is 5.61. The number of hydrogen-bond donors (Lipinski definition) is 3. The molecule has 0 aliphatic heterocycles. The largest absolute Gasteiger partial charge is 0.473 e. The predicted octanol–water partition coefficient (Wildman–Crippen LogP) is -0.765. The lowest BCUT2D eigenvalue weighted by Gasteiger charge is -1.61. The van der Waals surface area contributed by atoms with Crippen molar-refractivity contribution >= 4 is 12.6 Å². The quantitative estimate of drug-likeness (QED) is 0.377.